The van der Waals surface area contributed by atoms with Gasteiger partial charge in [-0.05, 0) is 38.4 Å². The van der Waals surface area contributed by atoms with Gasteiger partial charge in [-0.3, -0.25) is 4.90 Å². The predicted octanol–water partition coefficient (Wildman–Crippen LogP) is 2.13. The SMILES string of the molecule is CCOC1CCCN(Cc2ccc(Cl)nn2)C1. The number of nitrogens with zero attached hydrogens (tertiary/aromatic N) is 3. The van der Waals surface area contributed by atoms with Gasteiger partial charge in [-0.2, -0.15) is 5.10 Å². The fourth-order valence-corrected chi connectivity index (χ4v) is 2.29. The number of halogens is 1. The summed E-state index contributed by atoms with van der Waals surface area (Å²) in [6.07, 6.45) is 2.72. The van der Waals surface area contributed by atoms with Crippen molar-refractivity contribution in [2.75, 3.05) is 19.7 Å². The first-order chi connectivity index (χ1) is 8.28. The predicted molar refractivity (Wildman–Crippen MR) is 67.0 cm³/mol. The maximum Gasteiger partial charge on any atom is 0.151 e. The van der Waals surface area contributed by atoms with Gasteiger partial charge in [0.2, 0.25) is 0 Å². The molecule has 2 heterocycles. The molecule has 1 aromatic rings. The summed E-state index contributed by atoms with van der Waals surface area (Å²) >= 11 is 5.71. The van der Waals surface area contributed by atoms with Gasteiger partial charge in [-0.15, -0.1) is 5.10 Å². The Bertz CT molecular complexity index is 342. The Morgan fingerprint density at radius 1 is 1.47 bits per heavy atom. The highest BCUT2D eigenvalue weighted by atomic mass is 35.5. The first-order valence-electron chi connectivity index (χ1n) is 6.10. The second-order valence-electron chi connectivity index (χ2n) is 4.30. The van der Waals surface area contributed by atoms with Crippen LogP contribution in [0.5, 0.6) is 0 Å². The van der Waals surface area contributed by atoms with E-state index in [9.17, 15) is 0 Å². The molecule has 0 saturated carbocycles. The van der Waals surface area contributed by atoms with Crippen molar-refractivity contribution in [1.82, 2.24) is 15.1 Å². The van der Waals surface area contributed by atoms with Crippen LogP contribution in [0, 0.1) is 0 Å². The van der Waals surface area contributed by atoms with Gasteiger partial charge in [0.15, 0.2) is 5.15 Å². The molecule has 17 heavy (non-hydrogen) atoms. The lowest BCUT2D eigenvalue weighted by Crippen LogP contribution is -2.39. The van der Waals surface area contributed by atoms with Crippen LogP contribution in [0.2, 0.25) is 5.15 Å². The Balaban J connectivity index is 1.87. The van der Waals surface area contributed by atoms with Crippen molar-refractivity contribution in [1.29, 1.82) is 0 Å². The van der Waals surface area contributed by atoms with E-state index in [2.05, 4.69) is 15.1 Å². The highest BCUT2D eigenvalue weighted by Gasteiger charge is 2.20. The van der Waals surface area contributed by atoms with Crippen LogP contribution < -0.4 is 0 Å². The molecule has 1 aliphatic heterocycles. The van der Waals surface area contributed by atoms with Gasteiger partial charge in [-0.1, -0.05) is 11.6 Å². The zero-order valence-electron chi connectivity index (χ0n) is 10.1. The summed E-state index contributed by atoms with van der Waals surface area (Å²) in [6, 6.07) is 3.72. The summed E-state index contributed by atoms with van der Waals surface area (Å²) in [5.41, 5.74) is 0.964. The summed E-state index contributed by atoms with van der Waals surface area (Å²) in [4.78, 5) is 2.36. The number of aromatic nitrogens is 2. The van der Waals surface area contributed by atoms with Crippen molar-refractivity contribution in [3.63, 3.8) is 0 Å². The first-order valence-corrected chi connectivity index (χ1v) is 6.48. The van der Waals surface area contributed by atoms with Crippen molar-refractivity contribution >= 4 is 11.6 Å². The Kier molecular flexibility index (Phi) is 4.71. The first kappa shape index (κ1) is 12.7. The van der Waals surface area contributed by atoms with Crippen molar-refractivity contribution in [3.8, 4) is 0 Å². The van der Waals surface area contributed by atoms with E-state index in [1.807, 2.05) is 13.0 Å². The fraction of sp³-hybridized carbons (Fsp3) is 0.667. The standard InChI is InChI=1S/C12H18ClN3O/c1-2-17-11-4-3-7-16(9-11)8-10-5-6-12(13)15-14-10/h5-6,11H,2-4,7-9H2,1H3. The third-order valence-electron chi connectivity index (χ3n) is 2.94. The van der Waals surface area contributed by atoms with E-state index in [0.717, 1.165) is 38.4 Å². The van der Waals surface area contributed by atoms with Crippen LogP contribution in [0.3, 0.4) is 0 Å². The maximum atomic E-state index is 5.71. The minimum absolute atomic E-state index is 0.369. The van der Waals surface area contributed by atoms with Crippen LogP contribution in [0.25, 0.3) is 0 Å². The smallest absolute Gasteiger partial charge is 0.151 e. The van der Waals surface area contributed by atoms with E-state index in [1.165, 1.54) is 6.42 Å². The van der Waals surface area contributed by atoms with Gasteiger partial charge in [0.1, 0.15) is 0 Å². The van der Waals surface area contributed by atoms with Crippen molar-refractivity contribution in [2.45, 2.75) is 32.4 Å². The average molecular weight is 256 g/mol. The zero-order chi connectivity index (χ0) is 12.1. The van der Waals surface area contributed by atoms with Crippen LogP contribution in [-0.4, -0.2) is 40.9 Å². The molecular formula is C12H18ClN3O. The van der Waals surface area contributed by atoms with Crippen molar-refractivity contribution in [2.24, 2.45) is 0 Å². The van der Waals surface area contributed by atoms with Crippen LogP contribution >= 0.6 is 11.6 Å². The number of rotatable bonds is 4. The Hall–Kier alpha value is -0.710. The van der Waals surface area contributed by atoms with E-state index in [1.54, 1.807) is 6.07 Å². The number of ether oxygens (including phenoxy) is 1. The highest BCUT2D eigenvalue weighted by Crippen LogP contribution is 2.15. The van der Waals surface area contributed by atoms with E-state index < -0.39 is 0 Å². The Labute approximate surface area is 107 Å². The van der Waals surface area contributed by atoms with Gasteiger partial charge >= 0.3 is 0 Å². The Morgan fingerprint density at radius 3 is 3.06 bits per heavy atom. The zero-order valence-corrected chi connectivity index (χ0v) is 10.9. The lowest BCUT2D eigenvalue weighted by Gasteiger charge is -2.32. The van der Waals surface area contributed by atoms with E-state index >= 15 is 0 Å². The van der Waals surface area contributed by atoms with E-state index in [4.69, 9.17) is 16.3 Å². The molecule has 4 nitrogen and oxygen atoms in total. The lowest BCUT2D eigenvalue weighted by molar-refractivity contribution is 0.00325. The minimum Gasteiger partial charge on any atom is -0.377 e. The van der Waals surface area contributed by atoms with Crippen LogP contribution in [0.15, 0.2) is 12.1 Å². The largest absolute Gasteiger partial charge is 0.377 e. The van der Waals surface area contributed by atoms with Crippen molar-refractivity contribution in [3.05, 3.63) is 23.0 Å². The van der Waals surface area contributed by atoms with Gasteiger partial charge in [0.25, 0.3) is 0 Å². The minimum atomic E-state index is 0.369. The lowest BCUT2D eigenvalue weighted by atomic mass is 10.1. The molecule has 0 aliphatic carbocycles. The summed E-state index contributed by atoms with van der Waals surface area (Å²) in [6.45, 7) is 5.75. The average Bonchev–Trinajstić information content (AvgIpc) is 2.33. The third kappa shape index (κ3) is 3.91. The van der Waals surface area contributed by atoms with Gasteiger partial charge in [0, 0.05) is 19.7 Å². The molecule has 1 aliphatic rings. The summed E-state index contributed by atoms with van der Waals surface area (Å²) in [5.74, 6) is 0. The summed E-state index contributed by atoms with van der Waals surface area (Å²) in [7, 11) is 0. The molecule has 94 valence electrons. The molecule has 1 unspecified atom stereocenters. The second-order valence-corrected chi connectivity index (χ2v) is 4.69. The second kappa shape index (κ2) is 6.28. The maximum absolute atomic E-state index is 5.71. The number of piperidine rings is 1. The molecule has 5 heteroatoms. The van der Waals surface area contributed by atoms with Crippen molar-refractivity contribution < 1.29 is 4.74 Å². The molecule has 0 bridgehead atoms. The molecule has 0 radical (unpaired) electrons. The monoisotopic (exact) mass is 255 g/mol. The molecule has 1 fully saturated rings. The molecule has 0 amide bonds. The van der Waals surface area contributed by atoms with E-state index in [-0.39, 0.29) is 0 Å². The molecule has 1 aromatic heterocycles. The molecule has 0 spiro atoms. The molecular weight excluding hydrogens is 238 g/mol. The highest BCUT2D eigenvalue weighted by molar-refractivity contribution is 6.29. The van der Waals surface area contributed by atoms with Crippen LogP contribution in [0.4, 0.5) is 0 Å². The quantitative estimate of drug-likeness (QED) is 0.826. The number of hydrogen-bond acceptors (Lipinski definition) is 4. The number of likely N-dealkylation sites (tertiary alicyclic amines) is 1. The molecule has 1 saturated heterocycles. The molecule has 0 N–H and O–H groups in total. The number of hydrogen-bond donors (Lipinski definition) is 0. The van der Waals surface area contributed by atoms with Gasteiger partial charge < -0.3 is 4.74 Å². The molecule has 2 rings (SSSR count). The van der Waals surface area contributed by atoms with Crippen LogP contribution in [0.1, 0.15) is 25.5 Å². The van der Waals surface area contributed by atoms with Gasteiger partial charge in [0.05, 0.1) is 11.8 Å². The topological polar surface area (TPSA) is 38.2 Å². The van der Waals surface area contributed by atoms with Gasteiger partial charge in [-0.25, -0.2) is 0 Å². The normalized spacial score (nSPS) is 21.6. The Morgan fingerprint density at radius 2 is 2.35 bits per heavy atom. The molecule has 1 atom stereocenters. The summed E-state index contributed by atoms with van der Waals surface area (Å²) < 4.78 is 5.67. The van der Waals surface area contributed by atoms with E-state index in [0.29, 0.717) is 11.3 Å². The fourth-order valence-electron chi connectivity index (χ4n) is 2.19. The van der Waals surface area contributed by atoms with Crippen LogP contribution in [-0.2, 0) is 11.3 Å². The molecule has 0 aromatic carbocycles. The third-order valence-corrected chi connectivity index (χ3v) is 3.14. The summed E-state index contributed by atoms with van der Waals surface area (Å²) in [5, 5.41) is 8.38.